The molecule has 0 bridgehead atoms. The smallest absolute Gasteiger partial charge is 0.257 e. The highest BCUT2D eigenvalue weighted by atomic mass is 35.5. The van der Waals surface area contributed by atoms with Crippen molar-refractivity contribution in [3.8, 4) is 11.3 Å². The normalized spacial score (nSPS) is 12.9. The van der Waals surface area contributed by atoms with E-state index in [4.69, 9.17) is 22.3 Å². The van der Waals surface area contributed by atoms with Crippen LogP contribution in [0.1, 0.15) is 17.3 Å². The molecule has 0 saturated carbocycles. The predicted octanol–water partition coefficient (Wildman–Crippen LogP) is 5.46. The van der Waals surface area contributed by atoms with Gasteiger partial charge < -0.3 is 5.73 Å². The van der Waals surface area contributed by atoms with Crippen LogP contribution in [0.15, 0.2) is 54.6 Å². The van der Waals surface area contributed by atoms with Crippen molar-refractivity contribution in [2.24, 2.45) is 5.73 Å². The first-order valence-electron chi connectivity index (χ1n) is 11.8. The molecule has 0 fully saturated rings. The second-order valence-corrected chi connectivity index (χ2v) is 11.3. The highest BCUT2D eigenvalue weighted by Gasteiger charge is 2.26. The van der Waals surface area contributed by atoms with Gasteiger partial charge in [-0.15, -0.1) is 0 Å². The molecule has 0 aliphatic heterocycles. The third-order valence-electron chi connectivity index (χ3n) is 6.02. The summed E-state index contributed by atoms with van der Waals surface area (Å²) < 4.78 is 82.2. The van der Waals surface area contributed by atoms with Gasteiger partial charge in [-0.25, -0.2) is 35.9 Å². The fourth-order valence-corrected chi connectivity index (χ4v) is 5.27. The number of nitrogens with two attached hydrogens (primary N) is 1. The lowest BCUT2D eigenvalue weighted by Crippen LogP contribution is -2.18. The molecule has 14 heteroatoms. The van der Waals surface area contributed by atoms with Gasteiger partial charge in [-0.2, -0.15) is 5.10 Å². The molecule has 0 aliphatic rings. The van der Waals surface area contributed by atoms with E-state index in [0.717, 1.165) is 29.1 Å². The number of halogens is 5. The average Bonchev–Trinajstić information content (AvgIpc) is 3.19. The van der Waals surface area contributed by atoms with Crippen LogP contribution in [-0.4, -0.2) is 40.8 Å². The molecule has 8 nitrogen and oxygen atoms in total. The SMILES string of the molecule is CS(=O)(=O)Nc1nn(CC(F)F)c2c(-c3nc4ccccc4nc3[C@@H](N)Cc3cc(F)cc(F)c3)ccc(Cl)c12. The van der Waals surface area contributed by atoms with Gasteiger partial charge in [0.15, 0.2) is 5.82 Å². The lowest BCUT2D eigenvalue weighted by molar-refractivity contribution is 0.123. The Morgan fingerprint density at radius 2 is 1.68 bits per heavy atom. The molecule has 0 saturated heterocycles. The zero-order chi connectivity index (χ0) is 28.8. The number of sulfonamides is 1. The van der Waals surface area contributed by atoms with E-state index in [-0.39, 0.29) is 50.7 Å². The van der Waals surface area contributed by atoms with Crippen molar-refractivity contribution in [2.45, 2.75) is 25.4 Å². The van der Waals surface area contributed by atoms with Crippen molar-refractivity contribution in [1.82, 2.24) is 19.7 Å². The van der Waals surface area contributed by atoms with Crippen LogP contribution in [0.4, 0.5) is 23.4 Å². The molecule has 0 spiro atoms. The maximum Gasteiger partial charge on any atom is 0.257 e. The lowest BCUT2D eigenvalue weighted by atomic mass is 9.97. The van der Waals surface area contributed by atoms with E-state index < -0.39 is 40.7 Å². The minimum absolute atomic E-state index is 0.0252. The number of nitrogens with one attached hydrogen (secondary N) is 1. The molecule has 0 radical (unpaired) electrons. The van der Waals surface area contributed by atoms with Crippen LogP contribution in [0.5, 0.6) is 0 Å². The number of anilines is 1. The van der Waals surface area contributed by atoms with Crippen LogP contribution in [0.25, 0.3) is 33.2 Å². The number of nitrogens with zero attached hydrogens (tertiary/aromatic N) is 4. The molecule has 3 N–H and O–H groups in total. The van der Waals surface area contributed by atoms with Gasteiger partial charge in [-0.3, -0.25) is 9.40 Å². The molecule has 3 aromatic carbocycles. The fraction of sp³-hybridized carbons (Fsp3) is 0.192. The van der Waals surface area contributed by atoms with Gasteiger partial charge in [0.1, 0.15) is 18.2 Å². The summed E-state index contributed by atoms with van der Waals surface area (Å²) in [5.41, 5.74) is 8.48. The van der Waals surface area contributed by atoms with E-state index in [9.17, 15) is 26.0 Å². The first kappa shape index (κ1) is 27.7. The summed E-state index contributed by atoms with van der Waals surface area (Å²) in [5, 5.41) is 4.22. The molecule has 208 valence electrons. The summed E-state index contributed by atoms with van der Waals surface area (Å²) in [7, 11) is -3.85. The number of aromatic nitrogens is 4. The van der Waals surface area contributed by atoms with Crippen molar-refractivity contribution < 1.29 is 26.0 Å². The van der Waals surface area contributed by atoms with Crippen molar-refractivity contribution in [3.63, 3.8) is 0 Å². The van der Waals surface area contributed by atoms with Gasteiger partial charge in [-0.05, 0) is 48.4 Å². The quantitative estimate of drug-likeness (QED) is 0.231. The zero-order valence-corrected chi connectivity index (χ0v) is 22.3. The summed E-state index contributed by atoms with van der Waals surface area (Å²) in [4.78, 5) is 9.41. The Kier molecular flexibility index (Phi) is 7.38. The highest BCUT2D eigenvalue weighted by Crippen LogP contribution is 2.39. The van der Waals surface area contributed by atoms with Crippen molar-refractivity contribution in [2.75, 3.05) is 11.0 Å². The average molecular weight is 593 g/mol. The van der Waals surface area contributed by atoms with Crippen molar-refractivity contribution in [1.29, 1.82) is 0 Å². The van der Waals surface area contributed by atoms with E-state index in [0.29, 0.717) is 11.0 Å². The monoisotopic (exact) mass is 592 g/mol. The predicted molar refractivity (Wildman–Crippen MR) is 145 cm³/mol. The minimum Gasteiger partial charge on any atom is -0.322 e. The Morgan fingerprint density at radius 1 is 1.02 bits per heavy atom. The molecule has 0 aliphatic carbocycles. The van der Waals surface area contributed by atoms with Gasteiger partial charge >= 0.3 is 0 Å². The van der Waals surface area contributed by atoms with Crippen LogP contribution >= 0.6 is 11.6 Å². The number of rotatable bonds is 8. The standard InChI is InChI=1S/C26H21ClF4N6O2S/c1-40(38,39)36-26-22-17(27)7-6-16(25(22)37(35-26)12-21(30)31)23-24(34-20-5-3-2-4-19(20)33-23)18(32)10-13-8-14(28)11-15(29)9-13/h2-9,11,18,21H,10,12,32H2,1H3,(H,35,36)/t18-/m0/s1. The number of para-hydroxylation sites is 2. The Labute approximate surface area is 230 Å². The topological polar surface area (TPSA) is 116 Å². The largest absolute Gasteiger partial charge is 0.322 e. The second kappa shape index (κ2) is 10.6. The van der Waals surface area contributed by atoms with Gasteiger partial charge in [-0.1, -0.05) is 23.7 Å². The fourth-order valence-electron chi connectivity index (χ4n) is 4.53. The molecule has 1 atom stereocenters. The highest BCUT2D eigenvalue weighted by molar-refractivity contribution is 7.92. The third-order valence-corrected chi connectivity index (χ3v) is 6.90. The minimum atomic E-state index is -3.85. The summed E-state index contributed by atoms with van der Waals surface area (Å²) in [5.74, 6) is -1.78. The van der Waals surface area contributed by atoms with E-state index in [1.165, 1.54) is 12.1 Å². The van der Waals surface area contributed by atoms with Crippen LogP contribution in [-0.2, 0) is 23.0 Å². The summed E-state index contributed by atoms with van der Waals surface area (Å²) >= 11 is 6.43. The molecule has 40 heavy (non-hydrogen) atoms. The molecule has 2 heterocycles. The molecule has 5 aromatic rings. The van der Waals surface area contributed by atoms with Gasteiger partial charge in [0.2, 0.25) is 10.0 Å². The Hall–Kier alpha value is -3.81. The first-order chi connectivity index (χ1) is 18.9. The van der Waals surface area contributed by atoms with E-state index in [2.05, 4.69) is 14.8 Å². The van der Waals surface area contributed by atoms with Crippen LogP contribution in [0, 0.1) is 11.6 Å². The van der Waals surface area contributed by atoms with Gasteiger partial charge in [0.05, 0.1) is 50.6 Å². The Bertz CT molecular complexity index is 1850. The van der Waals surface area contributed by atoms with Crippen molar-refractivity contribution >= 4 is 49.4 Å². The molecule has 2 aromatic heterocycles. The molecular weight excluding hydrogens is 572 g/mol. The Morgan fingerprint density at radius 3 is 2.30 bits per heavy atom. The van der Waals surface area contributed by atoms with E-state index in [1.54, 1.807) is 24.3 Å². The van der Waals surface area contributed by atoms with Gasteiger partial charge in [0, 0.05) is 11.6 Å². The van der Waals surface area contributed by atoms with Crippen molar-refractivity contribution in [3.05, 3.63) is 82.5 Å². The molecule has 0 unspecified atom stereocenters. The van der Waals surface area contributed by atoms with E-state index in [1.807, 2.05) is 0 Å². The number of fused-ring (bicyclic) bond motifs is 2. The number of benzene rings is 3. The Balaban J connectivity index is 1.77. The summed E-state index contributed by atoms with van der Waals surface area (Å²) in [6.07, 6.45) is -1.97. The molecule has 5 rings (SSSR count). The van der Waals surface area contributed by atoms with Crippen LogP contribution in [0.3, 0.4) is 0 Å². The summed E-state index contributed by atoms with van der Waals surface area (Å²) in [6.45, 7) is -0.875. The van der Waals surface area contributed by atoms with E-state index >= 15 is 0 Å². The maximum atomic E-state index is 13.9. The molecule has 0 amide bonds. The third kappa shape index (κ3) is 5.71. The van der Waals surface area contributed by atoms with Gasteiger partial charge in [0.25, 0.3) is 6.43 Å². The second-order valence-electron chi connectivity index (χ2n) is 9.15. The number of hydrogen-bond acceptors (Lipinski definition) is 6. The van der Waals surface area contributed by atoms with Crippen LogP contribution in [0.2, 0.25) is 5.02 Å². The zero-order valence-electron chi connectivity index (χ0n) is 20.7. The van der Waals surface area contributed by atoms with Crippen LogP contribution < -0.4 is 10.5 Å². The summed E-state index contributed by atoms with van der Waals surface area (Å²) in [6, 6.07) is 12.0. The lowest BCUT2D eigenvalue weighted by Gasteiger charge is -2.18. The number of alkyl halides is 2. The maximum absolute atomic E-state index is 13.9. The number of hydrogen-bond donors (Lipinski definition) is 2. The molecular formula is C26H21ClF4N6O2S. The first-order valence-corrected chi connectivity index (χ1v) is 14.1.